The summed E-state index contributed by atoms with van der Waals surface area (Å²) in [6, 6.07) is 26.4. The molecule has 54 heavy (non-hydrogen) atoms. The number of aromatic hydroxyl groups is 1. The van der Waals surface area contributed by atoms with Gasteiger partial charge in [-0.1, -0.05) is 34.1 Å². The largest absolute Gasteiger partial charge is 0.508 e. The Balaban J connectivity index is 0.784. The summed E-state index contributed by atoms with van der Waals surface area (Å²) in [7, 11) is 0. The molecule has 4 aromatic carbocycles. The summed E-state index contributed by atoms with van der Waals surface area (Å²) in [6.45, 7) is 7.33. The van der Waals surface area contributed by atoms with Crippen molar-refractivity contribution in [2.45, 2.75) is 31.8 Å². The molecule has 0 bridgehead atoms. The lowest BCUT2D eigenvalue weighted by molar-refractivity contribution is -0.133. The third-order valence-corrected chi connectivity index (χ3v) is 12.2. The van der Waals surface area contributed by atoms with E-state index in [-0.39, 0.29) is 29.6 Å². The maximum atomic E-state index is 13.2. The van der Waals surface area contributed by atoms with Crippen molar-refractivity contribution in [2.24, 2.45) is 0 Å². The predicted molar refractivity (Wildman–Crippen MR) is 214 cm³/mol. The lowest BCUT2D eigenvalue weighted by Gasteiger charge is -2.34. The Hall–Kier alpha value is -4.75. The molecule has 278 valence electrons. The van der Waals surface area contributed by atoms with Gasteiger partial charge in [-0.15, -0.1) is 11.3 Å². The van der Waals surface area contributed by atoms with E-state index in [0.717, 1.165) is 93.6 Å². The lowest BCUT2D eigenvalue weighted by Crippen LogP contribution is -2.48. The third kappa shape index (κ3) is 7.88. The first-order chi connectivity index (χ1) is 26.3. The number of nitrogens with zero attached hydrogens (tertiary/aromatic N) is 3. The van der Waals surface area contributed by atoms with Crippen molar-refractivity contribution in [2.75, 3.05) is 57.7 Å². The molecular weight excluding hydrogens is 768 g/mol. The van der Waals surface area contributed by atoms with E-state index in [9.17, 15) is 19.5 Å². The zero-order valence-electron chi connectivity index (χ0n) is 29.8. The average molecular weight is 810 g/mol. The molecular formula is C42H41BrN4O6S. The van der Waals surface area contributed by atoms with Crippen molar-refractivity contribution >= 4 is 60.5 Å². The Labute approximate surface area is 326 Å². The molecule has 8 rings (SSSR count). The molecule has 1 unspecified atom stereocenters. The number of phenols is 1. The molecule has 1 saturated carbocycles. The van der Waals surface area contributed by atoms with Crippen molar-refractivity contribution < 1.29 is 29.0 Å². The number of nitrogens with one attached hydrogen (secondary N) is 1. The Morgan fingerprint density at radius 1 is 0.870 bits per heavy atom. The summed E-state index contributed by atoms with van der Waals surface area (Å²) >= 11 is 5.11. The number of fused-ring (bicyclic) bond motifs is 2. The standard InChI is InChI=1S/C42H41BrN4O6S/c43-28-6-4-27(5-7-28)41-40(34-14-8-30(49)25-39(34)54-41)53-32-12-10-31(11-13-32)52-23-22-46-20-18-45(19-21-46)17-16-44-36-3-1-2-33-35(36)26-47(42(33)51)37-15-9-29(48)24-38(37)50/h1-8,10-14,25,37,44,49H,9,15-24,26H2. The van der Waals surface area contributed by atoms with Crippen LogP contribution in [-0.2, 0) is 16.1 Å². The van der Waals surface area contributed by atoms with Crippen molar-refractivity contribution in [1.82, 2.24) is 14.7 Å². The third-order valence-electron chi connectivity index (χ3n) is 10.5. The van der Waals surface area contributed by atoms with Crippen LogP contribution in [0.15, 0.2) is 89.4 Å². The number of hydrogen-bond donors (Lipinski definition) is 2. The smallest absolute Gasteiger partial charge is 0.255 e. The molecule has 3 aliphatic rings. The second-order valence-electron chi connectivity index (χ2n) is 14.0. The Kier molecular flexibility index (Phi) is 10.7. The van der Waals surface area contributed by atoms with Crippen LogP contribution in [0.25, 0.3) is 20.5 Å². The molecule has 0 radical (unpaired) electrons. The van der Waals surface area contributed by atoms with Gasteiger partial charge in [0.1, 0.15) is 29.6 Å². The highest BCUT2D eigenvalue weighted by Crippen LogP contribution is 2.47. The van der Waals surface area contributed by atoms with Gasteiger partial charge in [-0.3, -0.25) is 24.2 Å². The number of Topliss-reactive ketones (excluding diaryl/α,β-unsaturated/α-hetero) is 2. The van der Waals surface area contributed by atoms with Gasteiger partial charge in [0, 0.05) is 90.2 Å². The molecule has 1 amide bonds. The fourth-order valence-electron chi connectivity index (χ4n) is 7.51. The number of thiophene rings is 1. The molecule has 10 nitrogen and oxygen atoms in total. The van der Waals surface area contributed by atoms with Crippen LogP contribution >= 0.6 is 27.3 Å². The van der Waals surface area contributed by atoms with Crippen LogP contribution in [0.1, 0.15) is 35.2 Å². The first kappa shape index (κ1) is 36.2. The minimum absolute atomic E-state index is 0.0365. The van der Waals surface area contributed by atoms with Crippen LogP contribution < -0.4 is 14.8 Å². The summed E-state index contributed by atoms with van der Waals surface area (Å²) < 4.78 is 14.5. The number of halogens is 1. The summed E-state index contributed by atoms with van der Waals surface area (Å²) in [5.74, 6) is 2.19. The van der Waals surface area contributed by atoms with Gasteiger partial charge in [0.2, 0.25) is 0 Å². The van der Waals surface area contributed by atoms with Gasteiger partial charge < -0.3 is 24.8 Å². The minimum atomic E-state index is -0.508. The van der Waals surface area contributed by atoms with E-state index >= 15 is 0 Å². The number of carbonyl (C=O) groups excluding carboxylic acids is 3. The number of phenolic OH excluding ortho intramolecular Hbond substituents is 1. The highest BCUT2D eigenvalue weighted by molar-refractivity contribution is 9.10. The van der Waals surface area contributed by atoms with Crippen molar-refractivity contribution in [1.29, 1.82) is 0 Å². The second-order valence-corrected chi connectivity index (χ2v) is 15.9. The number of hydrogen-bond acceptors (Lipinski definition) is 10. The molecule has 12 heteroatoms. The van der Waals surface area contributed by atoms with Gasteiger partial charge >= 0.3 is 0 Å². The van der Waals surface area contributed by atoms with Crippen LogP contribution in [0, 0.1) is 0 Å². The number of piperazine rings is 1. The van der Waals surface area contributed by atoms with Crippen LogP contribution in [-0.4, -0.2) is 95.7 Å². The zero-order valence-corrected chi connectivity index (χ0v) is 32.2. The number of rotatable bonds is 12. The van der Waals surface area contributed by atoms with E-state index in [0.29, 0.717) is 37.3 Å². The summed E-state index contributed by atoms with van der Waals surface area (Å²) in [5, 5.41) is 14.6. The Bertz CT molecular complexity index is 2180. The van der Waals surface area contributed by atoms with Crippen LogP contribution in [0.4, 0.5) is 5.69 Å². The van der Waals surface area contributed by atoms with Gasteiger partial charge in [-0.25, -0.2) is 0 Å². The molecule has 0 spiro atoms. The van der Waals surface area contributed by atoms with Gasteiger partial charge in [0.25, 0.3) is 5.91 Å². The maximum Gasteiger partial charge on any atom is 0.255 e. The van der Waals surface area contributed by atoms with E-state index in [1.165, 1.54) is 0 Å². The van der Waals surface area contributed by atoms with Crippen molar-refractivity contribution in [3.05, 3.63) is 101 Å². The van der Waals surface area contributed by atoms with Crippen molar-refractivity contribution in [3.63, 3.8) is 0 Å². The molecule has 2 N–H and O–H groups in total. The normalized spacial score (nSPS) is 18.0. The number of ether oxygens (including phenoxy) is 2. The van der Waals surface area contributed by atoms with E-state index < -0.39 is 6.04 Å². The highest BCUT2D eigenvalue weighted by atomic mass is 79.9. The fourth-order valence-corrected chi connectivity index (χ4v) is 8.95. The molecule has 1 atom stereocenters. The maximum absolute atomic E-state index is 13.2. The SMILES string of the molecule is O=C1CCC(N2Cc3c(NCCN4CCN(CCOc5ccc(Oc6c(-c7ccc(Br)cc7)sc7cc(O)ccc67)cc5)CC4)cccc3C2=O)C(=O)C1. The second kappa shape index (κ2) is 15.9. The van der Waals surface area contributed by atoms with Gasteiger partial charge in [-0.05, 0) is 78.7 Å². The number of carbonyl (C=O) groups is 3. The number of ketones is 2. The monoisotopic (exact) mass is 808 g/mol. The Morgan fingerprint density at radius 2 is 1.61 bits per heavy atom. The molecule has 2 fully saturated rings. The van der Waals surface area contributed by atoms with Crippen molar-refractivity contribution in [3.8, 4) is 33.4 Å². The predicted octanol–water partition coefficient (Wildman–Crippen LogP) is 7.58. The van der Waals surface area contributed by atoms with Gasteiger partial charge in [-0.2, -0.15) is 0 Å². The first-order valence-corrected chi connectivity index (χ1v) is 20.0. The van der Waals surface area contributed by atoms with E-state index in [1.54, 1.807) is 28.4 Å². The summed E-state index contributed by atoms with van der Waals surface area (Å²) in [5.41, 5.74) is 3.56. The van der Waals surface area contributed by atoms with Crippen LogP contribution in [0.2, 0.25) is 0 Å². The summed E-state index contributed by atoms with van der Waals surface area (Å²) in [4.78, 5) is 45.0. The van der Waals surface area contributed by atoms with Crippen LogP contribution in [0.3, 0.4) is 0 Å². The van der Waals surface area contributed by atoms with E-state index in [2.05, 4.69) is 43.2 Å². The molecule has 3 heterocycles. The van der Waals surface area contributed by atoms with Gasteiger partial charge in [0.15, 0.2) is 11.5 Å². The fraction of sp³-hybridized carbons (Fsp3) is 0.310. The van der Waals surface area contributed by atoms with E-state index in [1.807, 2.05) is 60.7 Å². The quantitative estimate of drug-likeness (QED) is 0.123. The molecule has 5 aromatic rings. The van der Waals surface area contributed by atoms with Crippen LogP contribution in [0.5, 0.6) is 23.0 Å². The zero-order chi connectivity index (χ0) is 37.2. The summed E-state index contributed by atoms with van der Waals surface area (Å²) in [6.07, 6.45) is 0.697. The molecule has 1 aliphatic carbocycles. The topological polar surface area (TPSA) is 112 Å². The number of amides is 1. The number of anilines is 1. The van der Waals surface area contributed by atoms with E-state index in [4.69, 9.17) is 9.47 Å². The average Bonchev–Trinajstić information content (AvgIpc) is 3.70. The highest BCUT2D eigenvalue weighted by Gasteiger charge is 2.39. The Morgan fingerprint density at radius 3 is 2.37 bits per heavy atom. The van der Waals surface area contributed by atoms with Gasteiger partial charge in [0.05, 0.1) is 17.3 Å². The molecule has 1 aromatic heterocycles. The number of benzene rings is 4. The molecule has 1 saturated heterocycles. The lowest BCUT2D eigenvalue weighted by atomic mass is 9.92. The first-order valence-electron chi connectivity index (χ1n) is 18.4. The molecule has 2 aliphatic heterocycles. The minimum Gasteiger partial charge on any atom is -0.508 e.